The van der Waals surface area contributed by atoms with Gasteiger partial charge in [0.25, 0.3) is 0 Å². The fourth-order valence-corrected chi connectivity index (χ4v) is 3.32. The van der Waals surface area contributed by atoms with E-state index in [1.165, 1.54) is 11.1 Å². The topological polar surface area (TPSA) is 41.8 Å². The van der Waals surface area contributed by atoms with E-state index in [1.54, 1.807) is 12.3 Å². The third-order valence-electron chi connectivity index (χ3n) is 5.41. The highest BCUT2D eigenvalue weighted by Gasteiger charge is 2.24. The summed E-state index contributed by atoms with van der Waals surface area (Å²) in [5.74, 6) is -0.0545. The summed E-state index contributed by atoms with van der Waals surface area (Å²) in [5, 5.41) is 8.66. The van der Waals surface area contributed by atoms with Crippen LogP contribution < -0.4 is 0 Å². The zero-order valence-corrected chi connectivity index (χ0v) is 17.4. The maximum atomic E-state index is 12.8. The van der Waals surface area contributed by atoms with Crippen molar-refractivity contribution in [1.29, 1.82) is 0 Å². The van der Waals surface area contributed by atoms with Gasteiger partial charge < -0.3 is 0 Å². The number of hydrogen-bond donors (Lipinski definition) is 0. The summed E-state index contributed by atoms with van der Waals surface area (Å²) < 4.78 is 0. The van der Waals surface area contributed by atoms with Crippen molar-refractivity contribution < 1.29 is 4.79 Å². The molecule has 0 aliphatic heterocycles. The minimum Gasteiger partial charge on any atom is -0.289 e. The van der Waals surface area contributed by atoms with E-state index < -0.39 is 0 Å². The van der Waals surface area contributed by atoms with Gasteiger partial charge >= 0.3 is 0 Å². The molecule has 0 saturated carbocycles. The highest BCUT2D eigenvalue weighted by Crippen LogP contribution is 2.33. The largest absolute Gasteiger partial charge is 0.289 e. The van der Waals surface area contributed by atoms with Crippen LogP contribution >= 0.6 is 0 Å². The summed E-state index contributed by atoms with van der Waals surface area (Å²) in [4.78, 5) is 12.8. The number of nitrogens with zero attached hydrogens (tertiary/aromatic N) is 2. The maximum absolute atomic E-state index is 12.8. The third-order valence-corrected chi connectivity index (χ3v) is 5.41. The van der Waals surface area contributed by atoms with E-state index in [9.17, 15) is 4.79 Å². The Balaban J connectivity index is 1.87. The molecule has 0 fully saturated rings. The predicted molar refractivity (Wildman–Crippen MR) is 119 cm³/mol. The van der Waals surface area contributed by atoms with Crippen LogP contribution in [0, 0.1) is 6.92 Å². The molecule has 0 radical (unpaired) electrons. The Morgan fingerprint density at radius 3 is 2.21 bits per heavy atom. The van der Waals surface area contributed by atoms with Crippen LogP contribution in [0.1, 0.15) is 47.8 Å². The summed E-state index contributed by atoms with van der Waals surface area (Å²) in [6.07, 6.45) is 1.79. The van der Waals surface area contributed by atoms with Crippen molar-refractivity contribution in [3.63, 3.8) is 0 Å². The first-order chi connectivity index (χ1) is 13.9. The first kappa shape index (κ1) is 20.4. The Labute approximate surface area is 172 Å². The Kier molecular flexibility index (Phi) is 6.18. The molecule has 0 aliphatic carbocycles. The Morgan fingerprint density at radius 2 is 1.48 bits per heavy atom. The van der Waals surface area contributed by atoms with Crippen molar-refractivity contribution in [3.8, 4) is 0 Å². The average molecular weight is 383 g/mol. The second-order valence-corrected chi connectivity index (χ2v) is 7.68. The smallest absolute Gasteiger partial charge is 0.195 e. The molecule has 0 atom stereocenters. The van der Waals surface area contributed by atoms with E-state index >= 15 is 0 Å². The van der Waals surface area contributed by atoms with Gasteiger partial charge in [-0.3, -0.25) is 4.79 Å². The Bertz CT molecular complexity index is 1060. The van der Waals surface area contributed by atoms with E-state index in [4.69, 9.17) is 0 Å². The monoisotopic (exact) mass is 382 g/mol. The van der Waals surface area contributed by atoms with Gasteiger partial charge in [0.1, 0.15) is 0 Å². The summed E-state index contributed by atoms with van der Waals surface area (Å²) in [5.41, 5.74) is 5.21. The molecular weight excluding hydrogens is 356 g/mol. The molecule has 3 nitrogen and oxygen atoms in total. The molecule has 0 amide bonds. The number of ketones is 1. The van der Waals surface area contributed by atoms with Crippen molar-refractivity contribution >= 4 is 11.5 Å². The number of carbonyl (C=O) groups excluding carboxylic acids is 1. The summed E-state index contributed by atoms with van der Waals surface area (Å²) >= 11 is 0. The third kappa shape index (κ3) is 4.57. The van der Waals surface area contributed by atoms with Crippen LogP contribution in [0.15, 0.2) is 101 Å². The van der Waals surface area contributed by atoms with Gasteiger partial charge in [-0.15, -0.1) is 0 Å². The van der Waals surface area contributed by atoms with E-state index in [2.05, 4.69) is 56.1 Å². The second kappa shape index (κ2) is 8.78. The molecule has 3 aromatic carbocycles. The van der Waals surface area contributed by atoms with Gasteiger partial charge in [-0.2, -0.15) is 10.2 Å². The first-order valence-electron chi connectivity index (χ1n) is 9.74. The van der Waals surface area contributed by atoms with Gasteiger partial charge in [-0.25, -0.2) is 0 Å². The maximum Gasteiger partial charge on any atom is 0.195 e. The Morgan fingerprint density at radius 1 is 0.862 bits per heavy atom. The zero-order valence-electron chi connectivity index (χ0n) is 17.4. The zero-order chi connectivity index (χ0) is 20.9. The van der Waals surface area contributed by atoms with Gasteiger partial charge in [0.05, 0.1) is 11.3 Å². The number of benzene rings is 3. The molecule has 0 N–H and O–H groups in total. The van der Waals surface area contributed by atoms with Gasteiger partial charge in [0.15, 0.2) is 5.78 Å². The molecular formula is C26H26N2O. The normalized spacial score (nSPS) is 12.3. The Hall–Kier alpha value is -3.33. The average Bonchev–Trinajstić information content (AvgIpc) is 2.74. The molecule has 3 aromatic rings. The number of aryl methyl sites for hydroxylation is 1. The molecule has 3 rings (SSSR count). The predicted octanol–water partition coefficient (Wildman–Crippen LogP) is 7.19. The molecule has 0 unspecified atom stereocenters. The lowest BCUT2D eigenvalue weighted by Gasteiger charge is -2.27. The molecule has 0 heterocycles. The SMILES string of the molecule is C/C(=C/N=Nc1ccccc1C(=O)c1ccccc1)C(C)(C)c1ccccc1C. The van der Waals surface area contributed by atoms with E-state index in [-0.39, 0.29) is 11.2 Å². The second-order valence-electron chi connectivity index (χ2n) is 7.68. The number of allylic oxidation sites excluding steroid dienone is 1. The minimum atomic E-state index is -0.163. The van der Waals surface area contributed by atoms with E-state index in [0.717, 1.165) is 5.57 Å². The molecule has 0 aromatic heterocycles. The number of rotatable bonds is 6. The molecule has 0 bridgehead atoms. The highest BCUT2D eigenvalue weighted by molar-refractivity contribution is 6.11. The fraction of sp³-hybridized carbons (Fsp3) is 0.192. The van der Waals surface area contributed by atoms with Crippen molar-refractivity contribution in [2.24, 2.45) is 10.2 Å². The minimum absolute atomic E-state index is 0.0545. The van der Waals surface area contributed by atoms with Crippen LogP contribution in [0.5, 0.6) is 0 Å². The molecule has 0 saturated heterocycles. The lowest BCUT2D eigenvalue weighted by molar-refractivity contribution is 0.103. The highest BCUT2D eigenvalue weighted by atomic mass is 16.1. The van der Waals surface area contributed by atoms with Gasteiger partial charge in [0, 0.05) is 17.2 Å². The van der Waals surface area contributed by atoms with Gasteiger partial charge in [-0.05, 0) is 42.7 Å². The molecule has 3 heteroatoms. The summed E-state index contributed by atoms with van der Waals surface area (Å²) in [6, 6.07) is 24.9. The summed E-state index contributed by atoms with van der Waals surface area (Å²) in [7, 11) is 0. The molecule has 146 valence electrons. The molecule has 29 heavy (non-hydrogen) atoms. The first-order valence-corrected chi connectivity index (χ1v) is 9.74. The quantitative estimate of drug-likeness (QED) is 0.328. The van der Waals surface area contributed by atoms with Crippen LogP contribution in [0.2, 0.25) is 0 Å². The standard InChI is InChI=1S/C26H26N2O/c1-19-12-8-10-16-23(19)26(3,4)20(2)18-27-28-24-17-11-9-15-22(24)25(29)21-13-6-5-7-14-21/h5-18H,1-4H3/b20-18-,28-27?. The number of azo groups is 1. The van der Waals surface area contributed by atoms with Crippen molar-refractivity contribution in [1.82, 2.24) is 0 Å². The number of carbonyl (C=O) groups is 1. The van der Waals surface area contributed by atoms with Crippen LogP contribution in [-0.2, 0) is 5.41 Å². The fourth-order valence-electron chi connectivity index (χ4n) is 3.32. The van der Waals surface area contributed by atoms with Crippen LogP contribution in [-0.4, -0.2) is 5.78 Å². The lowest BCUT2D eigenvalue weighted by Crippen LogP contribution is -2.19. The number of hydrogen-bond acceptors (Lipinski definition) is 3. The van der Waals surface area contributed by atoms with Gasteiger partial charge in [0.2, 0.25) is 0 Å². The molecule has 0 aliphatic rings. The van der Waals surface area contributed by atoms with Crippen LogP contribution in [0.3, 0.4) is 0 Å². The van der Waals surface area contributed by atoms with Crippen molar-refractivity contribution in [2.45, 2.75) is 33.1 Å². The van der Waals surface area contributed by atoms with Crippen molar-refractivity contribution in [2.75, 3.05) is 0 Å². The van der Waals surface area contributed by atoms with Crippen molar-refractivity contribution in [3.05, 3.63) is 113 Å². The van der Waals surface area contributed by atoms with Gasteiger partial charge in [-0.1, -0.05) is 80.6 Å². The van der Waals surface area contributed by atoms with Crippen LogP contribution in [0.25, 0.3) is 0 Å². The lowest BCUT2D eigenvalue weighted by atomic mass is 9.77. The molecule has 0 spiro atoms. The summed E-state index contributed by atoms with van der Waals surface area (Å²) in [6.45, 7) is 8.55. The van der Waals surface area contributed by atoms with E-state index in [0.29, 0.717) is 16.8 Å². The van der Waals surface area contributed by atoms with Crippen LogP contribution in [0.4, 0.5) is 5.69 Å². The van der Waals surface area contributed by atoms with E-state index in [1.807, 2.05) is 54.6 Å².